The number of para-hydroxylation sites is 1. The van der Waals surface area contributed by atoms with E-state index < -0.39 is 23.1 Å². The molecule has 1 heterocycles. The summed E-state index contributed by atoms with van der Waals surface area (Å²) in [7, 11) is 0. The second kappa shape index (κ2) is 8.38. The zero-order valence-corrected chi connectivity index (χ0v) is 17.3. The Morgan fingerprint density at radius 1 is 1.13 bits per heavy atom. The molecule has 30 heavy (non-hydrogen) atoms. The van der Waals surface area contributed by atoms with E-state index in [0.717, 1.165) is 28.9 Å². The first-order valence-electron chi connectivity index (χ1n) is 9.29. The number of amides is 1. The second-order valence-corrected chi connectivity index (χ2v) is 7.89. The largest absolute Gasteiger partial charge is 0.481 e. The maximum Gasteiger partial charge on any atom is 0.416 e. The lowest BCUT2D eigenvalue weighted by molar-refractivity contribution is -0.147. The van der Waals surface area contributed by atoms with Gasteiger partial charge in [-0.1, -0.05) is 18.2 Å². The van der Waals surface area contributed by atoms with Gasteiger partial charge in [0.15, 0.2) is 0 Å². The van der Waals surface area contributed by atoms with Crippen molar-refractivity contribution in [3.05, 3.63) is 58.7 Å². The average Bonchev–Trinajstić information content (AvgIpc) is 2.90. The van der Waals surface area contributed by atoms with Crippen molar-refractivity contribution < 1.29 is 27.9 Å². The molecular formula is C22H25F3N2O3. The fraction of sp³-hybridized carbons (Fsp3) is 0.364. The summed E-state index contributed by atoms with van der Waals surface area (Å²) in [6, 6.07) is 9.29. The Bertz CT molecular complexity index is 932. The Kier molecular flexibility index (Phi) is 6.49. The number of carbonyl (C=O) groups excluding carboxylic acids is 1. The molecular weight excluding hydrogens is 397 g/mol. The van der Waals surface area contributed by atoms with Gasteiger partial charge in [-0.25, -0.2) is 0 Å². The van der Waals surface area contributed by atoms with Crippen molar-refractivity contribution in [3.8, 4) is 0 Å². The molecule has 1 amide bonds. The van der Waals surface area contributed by atoms with Crippen LogP contribution in [0.5, 0.6) is 0 Å². The van der Waals surface area contributed by atoms with Crippen LogP contribution in [0.2, 0.25) is 0 Å². The first-order valence-corrected chi connectivity index (χ1v) is 9.29. The van der Waals surface area contributed by atoms with Crippen LogP contribution in [0.4, 0.5) is 24.5 Å². The molecule has 1 aliphatic rings. The van der Waals surface area contributed by atoms with Crippen LogP contribution in [-0.2, 0) is 15.8 Å². The molecule has 0 saturated carbocycles. The van der Waals surface area contributed by atoms with E-state index in [1.54, 1.807) is 18.7 Å². The van der Waals surface area contributed by atoms with Crippen LogP contribution in [0.1, 0.15) is 35.6 Å². The van der Waals surface area contributed by atoms with Crippen molar-refractivity contribution in [2.24, 2.45) is 5.41 Å². The van der Waals surface area contributed by atoms with Gasteiger partial charge in [0.2, 0.25) is 5.91 Å². The number of aliphatic carboxylic acids is 1. The number of benzene rings is 2. The highest BCUT2D eigenvalue weighted by molar-refractivity contribution is 6.01. The van der Waals surface area contributed by atoms with E-state index in [4.69, 9.17) is 5.73 Å². The van der Waals surface area contributed by atoms with E-state index >= 15 is 0 Å². The summed E-state index contributed by atoms with van der Waals surface area (Å²) in [5, 5.41) is 9.21. The van der Waals surface area contributed by atoms with Crippen molar-refractivity contribution in [2.45, 2.75) is 40.3 Å². The minimum atomic E-state index is -4.31. The number of anilines is 2. The van der Waals surface area contributed by atoms with Crippen LogP contribution in [0, 0.1) is 26.2 Å². The van der Waals surface area contributed by atoms with Crippen LogP contribution in [0.3, 0.4) is 0 Å². The van der Waals surface area contributed by atoms with Crippen LogP contribution in [0.15, 0.2) is 36.4 Å². The van der Waals surface area contributed by atoms with Gasteiger partial charge >= 0.3 is 12.1 Å². The Balaban J connectivity index is 0.000000232. The Morgan fingerprint density at radius 3 is 2.13 bits per heavy atom. The number of alkyl halides is 3. The third-order valence-electron chi connectivity index (χ3n) is 5.00. The number of carboxylic acids is 1. The van der Waals surface area contributed by atoms with Gasteiger partial charge in [0.1, 0.15) is 0 Å². The Morgan fingerprint density at radius 2 is 1.70 bits per heavy atom. The van der Waals surface area contributed by atoms with Gasteiger partial charge in [-0.3, -0.25) is 9.59 Å². The summed E-state index contributed by atoms with van der Waals surface area (Å²) in [6.45, 7) is 7.32. The summed E-state index contributed by atoms with van der Waals surface area (Å²) >= 11 is 0. The predicted molar refractivity (Wildman–Crippen MR) is 109 cm³/mol. The average molecular weight is 422 g/mol. The zero-order chi connectivity index (χ0) is 22.9. The number of carbonyl (C=O) groups is 2. The van der Waals surface area contributed by atoms with E-state index in [1.807, 2.05) is 32.0 Å². The summed E-state index contributed by atoms with van der Waals surface area (Å²) in [5.74, 6) is -1.03. The first kappa shape index (κ1) is 23.3. The number of nitrogen functional groups attached to an aromatic ring is 1. The quantitative estimate of drug-likeness (QED) is 0.686. The zero-order valence-electron chi connectivity index (χ0n) is 17.3. The van der Waals surface area contributed by atoms with Gasteiger partial charge in [-0.2, -0.15) is 13.2 Å². The molecule has 8 heteroatoms. The molecule has 0 radical (unpaired) electrons. The molecule has 1 unspecified atom stereocenters. The molecule has 0 aliphatic carbocycles. The van der Waals surface area contributed by atoms with Crippen LogP contribution < -0.4 is 10.6 Å². The minimum Gasteiger partial charge on any atom is -0.481 e. The van der Waals surface area contributed by atoms with Gasteiger partial charge < -0.3 is 15.7 Å². The molecule has 162 valence electrons. The molecule has 5 nitrogen and oxygen atoms in total. The lowest BCUT2D eigenvalue weighted by Crippen LogP contribution is -2.32. The maximum absolute atomic E-state index is 12.1. The number of halogens is 3. The van der Waals surface area contributed by atoms with Crippen molar-refractivity contribution in [1.82, 2.24) is 0 Å². The Hall–Kier alpha value is -3.03. The third kappa shape index (κ3) is 5.11. The predicted octanol–water partition coefficient (Wildman–Crippen LogP) is 4.73. The fourth-order valence-corrected chi connectivity index (χ4v) is 3.48. The van der Waals surface area contributed by atoms with Crippen molar-refractivity contribution in [2.75, 3.05) is 17.2 Å². The molecule has 1 saturated heterocycles. The topological polar surface area (TPSA) is 83.6 Å². The number of aryl methyl sites for hydroxylation is 3. The number of rotatable bonds is 2. The highest BCUT2D eigenvalue weighted by Crippen LogP contribution is 2.37. The highest BCUT2D eigenvalue weighted by atomic mass is 19.4. The molecule has 1 atom stereocenters. The van der Waals surface area contributed by atoms with Crippen molar-refractivity contribution >= 4 is 23.3 Å². The van der Waals surface area contributed by atoms with E-state index in [2.05, 4.69) is 0 Å². The Labute approximate surface area is 173 Å². The van der Waals surface area contributed by atoms with Crippen molar-refractivity contribution in [3.63, 3.8) is 0 Å². The van der Waals surface area contributed by atoms with Crippen LogP contribution in [-0.4, -0.2) is 23.5 Å². The van der Waals surface area contributed by atoms with Gasteiger partial charge in [0, 0.05) is 24.3 Å². The summed E-state index contributed by atoms with van der Waals surface area (Å²) in [4.78, 5) is 24.9. The summed E-state index contributed by atoms with van der Waals surface area (Å²) < 4.78 is 36.3. The van der Waals surface area contributed by atoms with E-state index in [0.29, 0.717) is 5.56 Å². The van der Waals surface area contributed by atoms with Crippen molar-refractivity contribution in [1.29, 1.82) is 0 Å². The smallest absolute Gasteiger partial charge is 0.416 e. The first-order chi connectivity index (χ1) is 13.7. The number of nitrogens with zero attached hydrogens (tertiary/aromatic N) is 1. The van der Waals surface area contributed by atoms with Crippen LogP contribution >= 0.6 is 0 Å². The highest BCUT2D eigenvalue weighted by Gasteiger charge is 2.46. The maximum atomic E-state index is 12.1. The summed E-state index contributed by atoms with van der Waals surface area (Å²) in [6.07, 6.45) is -4.24. The van der Waals surface area contributed by atoms with E-state index in [9.17, 15) is 27.9 Å². The fourth-order valence-electron chi connectivity index (χ4n) is 3.48. The SMILES string of the molecule is Cc1cc(N)cc(C(F)(F)F)c1.Cc1cccc(C)c1N1CC(C)(C(=O)O)CC1=O. The van der Waals surface area contributed by atoms with Gasteiger partial charge in [-0.05, 0) is 62.6 Å². The molecule has 1 fully saturated rings. The lowest BCUT2D eigenvalue weighted by Gasteiger charge is -2.23. The molecule has 0 bridgehead atoms. The molecule has 3 N–H and O–H groups in total. The van der Waals surface area contributed by atoms with Gasteiger partial charge in [-0.15, -0.1) is 0 Å². The summed E-state index contributed by atoms with van der Waals surface area (Å²) in [5.41, 5.74) is 7.09. The molecule has 0 aromatic heterocycles. The number of hydrogen-bond acceptors (Lipinski definition) is 3. The molecule has 2 aromatic rings. The monoisotopic (exact) mass is 422 g/mol. The van der Waals surface area contributed by atoms with Crippen LogP contribution in [0.25, 0.3) is 0 Å². The lowest BCUT2D eigenvalue weighted by atomic mass is 9.90. The van der Waals surface area contributed by atoms with E-state index in [1.165, 1.54) is 6.07 Å². The third-order valence-corrected chi connectivity index (χ3v) is 5.00. The van der Waals surface area contributed by atoms with Gasteiger partial charge in [0.05, 0.1) is 11.0 Å². The molecule has 2 aromatic carbocycles. The standard InChI is InChI=1S/C14H17NO3.C8H8F3N/c1-9-5-4-6-10(2)12(9)15-8-14(3,13(17)18)7-11(15)16;1-5-2-6(8(9,10)11)4-7(12)3-5/h4-6H,7-8H2,1-3H3,(H,17,18);2-4H,12H2,1H3. The number of carboxylic acid groups (broad SMARTS) is 1. The number of nitrogens with two attached hydrogens (primary N) is 1. The number of hydrogen-bond donors (Lipinski definition) is 2. The van der Waals surface area contributed by atoms with Gasteiger partial charge in [0.25, 0.3) is 0 Å². The second-order valence-electron chi connectivity index (χ2n) is 7.89. The van der Waals surface area contributed by atoms with E-state index in [-0.39, 0.29) is 24.6 Å². The molecule has 3 rings (SSSR count). The minimum absolute atomic E-state index is 0.0656. The molecule has 1 aliphatic heterocycles. The normalized spacial score (nSPS) is 18.8. The molecule has 0 spiro atoms.